The lowest BCUT2D eigenvalue weighted by atomic mass is 10.1. The molecule has 0 bridgehead atoms. The maximum Gasteiger partial charge on any atom is 0.0904 e. The Labute approximate surface area is 195 Å². The first-order valence-corrected chi connectivity index (χ1v) is 13.0. The number of hydrogen-bond acceptors (Lipinski definition) is 4. The molecule has 32 heavy (non-hydrogen) atoms. The predicted molar refractivity (Wildman–Crippen MR) is 140 cm³/mol. The highest BCUT2D eigenvalue weighted by Gasteiger charge is 2.25. The van der Waals surface area contributed by atoms with Gasteiger partial charge >= 0.3 is 0 Å². The molecule has 0 N–H and O–H groups in total. The number of unbranched alkanes of at least 4 members (excludes halogenated alkanes) is 5. The Morgan fingerprint density at radius 2 is 0.781 bits per heavy atom. The van der Waals surface area contributed by atoms with Gasteiger partial charge in [-0.05, 0) is 49.9 Å². The maximum atomic E-state index is 2.59. The first-order chi connectivity index (χ1) is 15.8. The summed E-state index contributed by atoms with van der Waals surface area (Å²) in [6, 6.07) is 17.9. The van der Waals surface area contributed by atoms with E-state index in [2.05, 4.69) is 82.0 Å². The van der Waals surface area contributed by atoms with Gasteiger partial charge in [0.1, 0.15) is 0 Å². The average Bonchev–Trinajstić information content (AvgIpc) is 3.37. The summed E-state index contributed by atoms with van der Waals surface area (Å²) in [5.41, 5.74) is 5.73. The summed E-state index contributed by atoms with van der Waals surface area (Å²) in [5.74, 6) is 0. The third kappa shape index (κ3) is 5.33. The van der Waals surface area contributed by atoms with Crippen molar-refractivity contribution in [2.45, 2.75) is 65.2 Å². The van der Waals surface area contributed by atoms with E-state index < -0.39 is 0 Å². The van der Waals surface area contributed by atoms with Crippen molar-refractivity contribution >= 4 is 22.7 Å². The van der Waals surface area contributed by atoms with Gasteiger partial charge in [0.15, 0.2) is 0 Å². The van der Waals surface area contributed by atoms with Gasteiger partial charge in [-0.3, -0.25) is 0 Å². The lowest BCUT2D eigenvalue weighted by Gasteiger charge is -2.22. The molecule has 0 aromatic heterocycles. The summed E-state index contributed by atoms with van der Waals surface area (Å²) in [5, 5.41) is 0. The van der Waals surface area contributed by atoms with E-state index in [9.17, 15) is 0 Å². The first kappa shape index (κ1) is 22.8. The Morgan fingerprint density at radius 3 is 1.09 bits per heavy atom. The molecule has 0 spiro atoms. The van der Waals surface area contributed by atoms with Crippen molar-refractivity contribution < 1.29 is 0 Å². The second kappa shape index (κ2) is 11.5. The van der Waals surface area contributed by atoms with Crippen molar-refractivity contribution in [2.24, 2.45) is 0 Å². The largest absolute Gasteiger partial charge is 0.352 e. The summed E-state index contributed by atoms with van der Waals surface area (Å²) in [7, 11) is 0. The van der Waals surface area contributed by atoms with Crippen molar-refractivity contribution in [3.05, 3.63) is 48.5 Å². The Bertz CT molecular complexity index is 766. The van der Waals surface area contributed by atoms with Crippen LogP contribution in [0.1, 0.15) is 65.2 Å². The SMILES string of the molecule is CCCCN1CN(CCCCCCN2CN(CCCC)c3ccccc32)c2ccccc21. The van der Waals surface area contributed by atoms with Gasteiger partial charge in [0.2, 0.25) is 0 Å². The van der Waals surface area contributed by atoms with E-state index >= 15 is 0 Å². The van der Waals surface area contributed by atoms with Crippen LogP contribution in [-0.4, -0.2) is 39.5 Å². The van der Waals surface area contributed by atoms with Gasteiger partial charge in [-0.25, -0.2) is 0 Å². The number of para-hydroxylation sites is 4. The maximum absolute atomic E-state index is 2.59. The van der Waals surface area contributed by atoms with Crippen LogP contribution in [0.4, 0.5) is 22.7 Å². The van der Waals surface area contributed by atoms with E-state index in [0.717, 1.165) is 13.3 Å². The quantitative estimate of drug-likeness (QED) is 0.325. The van der Waals surface area contributed by atoms with Gasteiger partial charge < -0.3 is 19.6 Å². The number of benzene rings is 2. The van der Waals surface area contributed by atoms with Crippen molar-refractivity contribution in [3.63, 3.8) is 0 Å². The number of hydrogen-bond donors (Lipinski definition) is 0. The van der Waals surface area contributed by atoms with Crippen LogP contribution in [0, 0.1) is 0 Å². The van der Waals surface area contributed by atoms with E-state index in [-0.39, 0.29) is 0 Å². The third-order valence-electron chi connectivity index (χ3n) is 6.98. The topological polar surface area (TPSA) is 13.0 Å². The molecule has 2 aromatic carbocycles. The van der Waals surface area contributed by atoms with Crippen LogP contribution < -0.4 is 19.6 Å². The highest BCUT2D eigenvalue weighted by molar-refractivity contribution is 5.76. The molecule has 0 saturated carbocycles. The van der Waals surface area contributed by atoms with E-state index in [4.69, 9.17) is 0 Å². The molecule has 0 atom stereocenters. The summed E-state index contributed by atoms with van der Waals surface area (Å²) in [6.45, 7) is 11.4. The summed E-state index contributed by atoms with van der Waals surface area (Å²) < 4.78 is 0. The fraction of sp³-hybridized carbons (Fsp3) is 0.571. The Kier molecular flexibility index (Phi) is 8.19. The summed E-state index contributed by atoms with van der Waals surface area (Å²) in [4.78, 5) is 10.3. The van der Waals surface area contributed by atoms with Crippen molar-refractivity contribution in [2.75, 3.05) is 59.1 Å². The lowest BCUT2D eigenvalue weighted by molar-refractivity contribution is 0.611. The minimum Gasteiger partial charge on any atom is -0.352 e. The summed E-state index contributed by atoms with van der Waals surface area (Å²) in [6.07, 6.45) is 10.3. The Balaban J connectivity index is 1.19. The number of nitrogens with zero attached hydrogens (tertiary/aromatic N) is 4. The molecule has 0 radical (unpaired) electrons. The second-order valence-electron chi connectivity index (χ2n) is 9.44. The minimum absolute atomic E-state index is 1.07. The highest BCUT2D eigenvalue weighted by atomic mass is 15.4. The van der Waals surface area contributed by atoms with Gasteiger partial charge in [-0.2, -0.15) is 0 Å². The molecule has 0 fully saturated rings. The van der Waals surface area contributed by atoms with Gasteiger partial charge in [0.25, 0.3) is 0 Å². The predicted octanol–water partition coefficient (Wildman–Crippen LogP) is 6.72. The average molecular weight is 435 g/mol. The second-order valence-corrected chi connectivity index (χ2v) is 9.44. The molecule has 4 heteroatoms. The molecule has 4 rings (SSSR count). The molecular formula is C28H42N4. The van der Waals surface area contributed by atoms with Gasteiger partial charge in [0.05, 0.1) is 36.1 Å². The van der Waals surface area contributed by atoms with Crippen LogP contribution in [0.3, 0.4) is 0 Å². The van der Waals surface area contributed by atoms with E-state index in [1.165, 1.54) is 100 Å². The zero-order valence-electron chi connectivity index (χ0n) is 20.3. The number of rotatable bonds is 13. The molecule has 2 aliphatic heterocycles. The molecule has 0 amide bonds. The molecule has 2 aliphatic rings. The van der Waals surface area contributed by atoms with Gasteiger partial charge in [-0.1, -0.05) is 63.8 Å². The number of anilines is 4. The Hall–Kier alpha value is -2.36. The normalized spacial score (nSPS) is 14.9. The van der Waals surface area contributed by atoms with E-state index in [0.29, 0.717) is 0 Å². The highest BCUT2D eigenvalue weighted by Crippen LogP contribution is 2.37. The number of fused-ring (bicyclic) bond motifs is 2. The minimum atomic E-state index is 1.07. The standard InChI is InChI=1S/C28H42N4/c1-3-5-19-29-23-31(27-17-11-9-15-25(27)29)21-13-7-8-14-22-32-24-30(20-6-4-2)26-16-10-12-18-28(26)32/h9-12,15-18H,3-8,13-14,19-24H2,1-2H3. The molecule has 2 aromatic rings. The zero-order chi connectivity index (χ0) is 22.2. The van der Waals surface area contributed by atoms with Crippen LogP contribution >= 0.6 is 0 Å². The van der Waals surface area contributed by atoms with Crippen LogP contribution in [0.25, 0.3) is 0 Å². The van der Waals surface area contributed by atoms with Crippen LogP contribution in [0.2, 0.25) is 0 Å². The van der Waals surface area contributed by atoms with Crippen LogP contribution in [0.5, 0.6) is 0 Å². The molecule has 174 valence electrons. The molecule has 4 nitrogen and oxygen atoms in total. The van der Waals surface area contributed by atoms with Gasteiger partial charge in [0, 0.05) is 26.2 Å². The summed E-state index contributed by atoms with van der Waals surface area (Å²) >= 11 is 0. The van der Waals surface area contributed by atoms with Crippen molar-refractivity contribution in [3.8, 4) is 0 Å². The van der Waals surface area contributed by atoms with Crippen LogP contribution in [-0.2, 0) is 0 Å². The van der Waals surface area contributed by atoms with Crippen molar-refractivity contribution in [1.29, 1.82) is 0 Å². The zero-order valence-corrected chi connectivity index (χ0v) is 20.3. The molecule has 0 saturated heterocycles. The van der Waals surface area contributed by atoms with E-state index in [1.807, 2.05) is 0 Å². The monoisotopic (exact) mass is 434 g/mol. The fourth-order valence-corrected chi connectivity index (χ4v) is 5.14. The lowest BCUT2D eigenvalue weighted by Crippen LogP contribution is -2.32. The molecular weight excluding hydrogens is 392 g/mol. The molecule has 2 heterocycles. The first-order valence-electron chi connectivity index (χ1n) is 13.0. The Morgan fingerprint density at radius 1 is 0.469 bits per heavy atom. The fourth-order valence-electron chi connectivity index (χ4n) is 5.14. The third-order valence-corrected chi connectivity index (χ3v) is 6.98. The van der Waals surface area contributed by atoms with Crippen LogP contribution in [0.15, 0.2) is 48.5 Å². The van der Waals surface area contributed by atoms with Gasteiger partial charge in [-0.15, -0.1) is 0 Å². The van der Waals surface area contributed by atoms with Crippen molar-refractivity contribution in [1.82, 2.24) is 0 Å². The molecule has 0 aliphatic carbocycles. The molecule has 0 unspecified atom stereocenters. The van der Waals surface area contributed by atoms with E-state index in [1.54, 1.807) is 0 Å². The smallest absolute Gasteiger partial charge is 0.0904 e.